The van der Waals surface area contributed by atoms with Crippen molar-refractivity contribution in [2.75, 3.05) is 23.8 Å². The molecule has 2 N–H and O–H groups in total. The highest BCUT2D eigenvalue weighted by molar-refractivity contribution is 7.92. The van der Waals surface area contributed by atoms with Crippen LogP contribution in [0.5, 0.6) is 17.2 Å². The lowest BCUT2D eigenvalue weighted by atomic mass is 9.87. The molecule has 0 spiro atoms. The number of sulfonamides is 1. The van der Waals surface area contributed by atoms with Gasteiger partial charge < -0.3 is 24.8 Å². The molecule has 4 aromatic rings. The molecular weight excluding hydrogens is 597 g/mol. The Hall–Kier alpha value is -4.77. The predicted octanol–water partition coefficient (Wildman–Crippen LogP) is 6.79. The fourth-order valence-electron chi connectivity index (χ4n) is 5.19. The Morgan fingerprint density at radius 1 is 0.933 bits per heavy atom. The average molecular weight is 634 g/mol. The summed E-state index contributed by atoms with van der Waals surface area (Å²) >= 11 is 0. The Balaban J connectivity index is 1.42. The number of phenolic OH excluding ortho intramolecular Hbond substituents is 1. The van der Waals surface area contributed by atoms with E-state index >= 15 is 4.39 Å². The largest absolute Gasteiger partial charge is 0.508 e. The van der Waals surface area contributed by atoms with Gasteiger partial charge in [0.1, 0.15) is 17.2 Å². The first-order valence-corrected chi connectivity index (χ1v) is 15.7. The van der Waals surface area contributed by atoms with E-state index in [-0.39, 0.29) is 40.9 Å². The Morgan fingerprint density at radius 2 is 1.64 bits per heavy atom. The SMILES string of the molecule is COc1ccc(CN(c2ccc(O)cc2F)S(=O)(=O)c2ccc3c(c2)CN(C(=O)Nc2ccc(C(C)(C)C)cc2)C3)c(OC)c1. The van der Waals surface area contributed by atoms with Crippen LogP contribution in [0, 0.1) is 5.82 Å². The number of hydrogen-bond donors (Lipinski definition) is 2. The van der Waals surface area contributed by atoms with Gasteiger partial charge in [-0.25, -0.2) is 17.6 Å². The van der Waals surface area contributed by atoms with Gasteiger partial charge in [-0.2, -0.15) is 0 Å². The topological polar surface area (TPSA) is 108 Å². The Morgan fingerprint density at radius 3 is 2.29 bits per heavy atom. The van der Waals surface area contributed by atoms with Crippen LogP contribution in [0.1, 0.15) is 43.0 Å². The standard InChI is InChI=1S/C34H36FN3O6S/c1-34(2,3)25-8-10-26(11-9-25)36-33(40)37-19-22-7-14-29(16-24(22)20-37)45(41,42)38(31-15-12-27(39)17-30(31)35)21-23-6-13-28(43-4)18-32(23)44-5/h6-18,39H,19-21H2,1-5H3,(H,36,40). The minimum Gasteiger partial charge on any atom is -0.508 e. The van der Waals surface area contributed by atoms with Crippen molar-refractivity contribution < 1.29 is 32.2 Å². The summed E-state index contributed by atoms with van der Waals surface area (Å²) in [6.07, 6.45) is 0. The molecule has 0 atom stereocenters. The van der Waals surface area contributed by atoms with Crippen LogP contribution in [0.2, 0.25) is 0 Å². The van der Waals surface area contributed by atoms with Gasteiger partial charge in [0, 0.05) is 36.5 Å². The van der Waals surface area contributed by atoms with Crippen molar-refractivity contribution in [3.8, 4) is 17.2 Å². The van der Waals surface area contributed by atoms with Crippen LogP contribution < -0.4 is 19.1 Å². The molecule has 0 fully saturated rings. The highest BCUT2D eigenvalue weighted by Crippen LogP contribution is 2.35. The number of fused-ring (bicyclic) bond motifs is 1. The zero-order valence-electron chi connectivity index (χ0n) is 25.8. The average Bonchev–Trinajstić information content (AvgIpc) is 3.44. The maximum absolute atomic E-state index is 15.2. The number of amides is 2. The number of urea groups is 1. The van der Waals surface area contributed by atoms with Gasteiger partial charge in [0.15, 0.2) is 5.82 Å². The minimum absolute atomic E-state index is 0.0124. The van der Waals surface area contributed by atoms with Crippen molar-refractivity contribution in [2.45, 2.75) is 50.7 Å². The van der Waals surface area contributed by atoms with E-state index in [9.17, 15) is 18.3 Å². The number of phenols is 1. The van der Waals surface area contributed by atoms with Crippen molar-refractivity contribution >= 4 is 27.4 Å². The molecular formula is C34H36FN3O6S. The summed E-state index contributed by atoms with van der Waals surface area (Å²) in [6.45, 7) is 6.59. The molecule has 1 aliphatic heterocycles. The normalized spacial score (nSPS) is 12.9. The number of benzene rings is 4. The molecule has 5 rings (SSSR count). The lowest BCUT2D eigenvalue weighted by molar-refractivity contribution is 0.212. The molecule has 0 saturated heterocycles. The zero-order chi connectivity index (χ0) is 32.5. The third-order valence-corrected chi connectivity index (χ3v) is 9.54. The summed E-state index contributed by atoms with van der Waals surface area (Å²) in [5, 5.41) is 12.7. The summed E-state index contributed by atoms with van der Waals surface area (Å²) in [5.74, 6) is -0.380. The third kappa shape index (κ3) is 6.68. The van der Waals surface area contributed by atoms with E-state index in [0.717, 1.165) is 21.5 Å². The number of hydrogen-bond acceptors (Lipinski definition) is 6. The van der Waals surface area contributed by atoms with Gasteiger partial charge in [0.05, 0.1) is 31.3 Å². The second-order valence-electron chi connectivity index (χ2n) is 11.9. The zero-order valence-corrected chi connectivity index (χ0v) is 26.6. The van der Waals surface area contributed by atoms with Gasteiger partial charge in [0.25, 0.3) is 10.0 Å². The maximum Gasteiger partial charge on any atom is 0.322 e. The van der Waals surface area contributed by atoms with Crippen molar-refractivity contribution in [3.63, 3.8) is 0 Å². The van der Waals surface area contributed by atoms with E-state index in [2.05, 4.69) is 26.1 Å². The van der Waals surface area contributed by atoms with Crippen LogP contribution in [0.4, 0.5) is 20.6 Å². The second-order valence-corrected chi connectivity index (χ2v) is 13.7. The van der Waals surface area contributed by atoms with Gasteiger partial charge in [-0.15, -0.1) is 0 Å². The van der Waals surface area contributed by atoms with Crippen LogP contribution >= 0.6 is 0 Å². The smallest absolute Gasteiger partial charge is 0.322 e. The van der Waals surface area contributed by atoms with Crippen LogP contribution in [0.3, 0.4) is 0 Å². The Labute approximate surface area is 262 Å². The van der Waals surface area contributed by atoms with Crippen LogP contribution in [0.25, 0.3) is 0 Å². The molecule has 0 unspecified atom stereocenters. The molecule has 4 aromatic carbocycles. The number of ether oxygens (including phenoxy) is 2. The number of aromatic hydroxyl groups is 1. The molecule has 9 nitrogen and oxygen atoms in total. The predicted molar refractivity (Wildman–Crippen MR) is 171 cm³/mol. The summed E-state index contributed by atoms with van der Waals surface area (Å²) in [4.78, 5) is 14.6. The van der Waals surface area contributed by atoms with Crippen LogP contribution in [-0.4, -0.2) is 38.7 Å². The van der Waals surface area contributed by atoms with Gasteiger partial charge in [-0.05, 0) is 70.6 Å². The molecule has 0 aliphatic carbocycles. The van der Waals surface area contributed by atoms with Gasteiger partial charge >= 0.3 is 6.03 Å². The lowest BCUT2D eigenvalue weighted by Gasteiger charge is -2.26. The maximum atomic E-state index is 15.2. The fourth-order valence-corrected chi connectivity index (χ4v) is 6.69. The Kier molecular flexibility index (Phi) is 8.66. The minimum atomic E-state index is -4.35. The lowest BCUT2D eigenvalue weighted by Crippen LogP contribution is -2.31. The van der Waals surface area contributed by atoms with E-state index in [1.807, 2.05) is 24.3 Å². The van der Waals surface area contributed by atoms with Gasteiger partial charge in [-0.3, -0.25) is 4.31 Å². The monoisotopic (exact) mass is 633 g/mol. The quantitative estimate of drug-likeness (QED) is 0.221. The number of rotatable bonds is 8. The van der Waals surface area contributed by atoms with E-state index in [1.165, 1.54) is 38.5 Å². The highest BCUT2D eigenvalue weighted by atomic mass is 32.2. The van der Waals surface area contributed by atoms with Crippen LogP contribution in [-0.2, 0) is 35.1 Å². The van der Waals surface area contributed by atoms with E-state index in [0.29, 0.717) is 34.9 Å². The highest BCUT2D eigenvalue weighted by Gasteiger charge is 2.31. The van der Waals surface area contributed by atoms with E-state index < -0.39 is 15.8 Å². The molecule has 0 bridgehead atoms. The first kappa shape index (κ1) is 31.6. The summed E-state index contributed by atoms with van der Waals surface area (Å²) in [7, 11) is -1.40. The number of halogens is 1. The molecule has 1 aliphatic rings. The number of carbonyl (C=O) groups is 1. The van der Waals surface area contributed by atoms with Crippen molar-refractivity contribution in [3.05, 3.63) is 107 Å². The first-order valence-electron chi connectivity index (χ1n) is 14.3. The van der Waals surface area contributed by atoms with Crippen molar-refractivity contribution in [1.29, 1.82) is 0 Å². The molecule has 0 saturated carbocycles. The van der Waals surface area contributed by atoms with Gasteiger partial charge in [0.2, 0.25) is 0 Å². The summed E-state index contributed by atoms with van der Waals surface area (Å²) in [5.41, 5.74) is 3.50. The number of methoxy groups -OCH3 is 2. The molecule has 1 heterocycles. The number of anilines is 2. The number of nitrogens with one attached hydrogen (secondary N) is 1. The molecule has 45 heavy (non-hydrogen) atoms. The number of carbonyl (C=O) groups excluding carboxylic acids is 1. The summed E-state index contributed by atoms with van der Waals surface area (Å²) < 4.78 is 55.2. The van der Waals surface area contributed by atoms with Crippen molar-refractivity contribution in [2.24, 2.45) is 0 Å². The van der Waals surface area contributed by atoms with E-state index in [1.54, 1.807) is 29.2 Å². The van der Waals surface area contributed by atoms with Crippen molar-refractivity contribution in [1.82, 2.24) is 4.90 Å². The second kappa shape index (κ2) is 12.3. The third-order valence-electron chi connectivity index (χ3n) is 7.79. The fraction of sp³-hybridized carbons (Fsp3) is 0.265. The molecule has 11 heteroatoms. The summed E-state index contributed by atoms with van der Waals surface area (Å²) in [6, 6.07) is 20.2. The Bertz CT molecular complexity index is 1840. The van der Waals surface area contributed by atoms with E-state index in [4.69, 9.17) is 9.47 Å². The molecule has 2 amide bonds. The molecule has 236 valence electrons. The van der Waals surface area contributed by atoms with Gasteiger partial charge in [-0.1, -0.05) is 39.0 Å². The van der Waals surface area contributed by atoms with Crippen LogP contribution in [0.15, 0.2) is 83.8 Å². The molecule has 0 aromatic heterocycles. The number of nitrogens with zero attached hydrogens (tertiary/aromatic N) is 2. The molecule has 0 radical (unpaired) electrons. The first-order chi connectivity index (χ1) is 21.3.